The van der Waals surface area contributed by atoms with Crippen LogP contribution in [-0.4, -0.2) is 11.2 Å². The van der Waals surface area contributed by atoms with Gasteiger partial charge in [0.25, 0.3) is 0 Å². The van der Waals surface area contributed by atoms with E-state index in [-0.39, 0.29) is 6.10 Å². The van der Waals surface area contributed by atoms with E-state index >= 15 is 0 Å². The van der Waals surface area contributed by atoms with Crippen LogP contribution >= 0.6 is 0 Å². The molecule has 1 rings (SSSR count). The van der Waals surface area contributed by atoms with E-state index < -0.39 is 0 Å². The largest absolute Gasteiger partial charge is 0.389 e. The SMILES string of the molecule is CC1C=CC=C(C(C)O)C1. The Morgan fingerprint density at radius 3 is 2.80 bits per heavy atom. The normalized spacial score (nSPS) is 27.9. The van der Waals surface area contributed by atoms with Gasteiger partial charge in [0.2, 0.25) is 0 Å². The first kappa shape index (κ1) is 7.55. The predicted octanol–water partition coefficient (Wildman–Crippen LogP) is 1.89. The monoisotopic (exact) mass is 138 g/mol. The van der Waals surface area contributed by atoms with Crippen LogP contribution in [0.1, 0.15) is 20.3 Å². The first-order valence-corrected chi connectivity index (χ1v) is 3.75. The second-order valence-electron chi connectivity index (χ2n) is 2.98. The molecular formula is C9H14O. The van der Waals surface area contributed by atoms with Gasteiger partial charge in [-0.05, 0) is 24.8 Å². The van der Waals surface area contributed by atoms with E-state index in [0.717, 1.165) is 12.0 Å². The highest BCUT2D eigenvalue weighted by molar-refractivity contribution is 5.21. The molecule has 0 aromatic heterocycles. The van der Waals surface area contributed by atoms with Crippen LogP contribution in [0.5, 0.6) is 0 Å². The molecule has 2 unspecified atom stereocenters. The van der Waals surface area contributed by atoms with Gasteiger partial charge in [0.05, 0.1) is 6.10 Å². The summed E-state index contributed by atoms with van der Waals surface area (Å²) in [4.78, 5) is 0. The van der Waals surface area contributed by atoms with Crippen molar-refractivity contribution >= 4 is 0 Å². The zero-order valence-corrected chi connectivity index (χ0v) is 6.54. The van der Waals surface area contributed by atoms with Crippen LogP contribution in [0.25, 0.3) is 0 Å². The summed E-state index contributed by atoms with van der Waals surface area (Å²) in [6.45, 7) is 3.98. The molecule has 1 nitrogen and oxygen atoms in total. The van der Waals surface area contributed by atoms with Crippen molar-refractivity contribution in [2.45, 2.75) is 26.4 Å². The number of aliphatic hydroxyl groups is 1. The maximum atomic E-state index is 9.19. The van der Waals surface area contributed by atoms with Gasteiger partial charge >= 0.3 is 0 Å². The summed E-state index contributed by atoms with van der Waals surface area (Å²) in [6.07, 6.45) is 6.92. The molecule has 0 heterocycles. The molecule has 1 aliphatic rings. The quantitative estimate of drug-likeness (QED) is 0.586. The standard InChI is InChI=1S/C9H14O/c1-7-4-3-5-9(6-7)8(2)10/h3-5,7-8,10H,6H2,1-2H3. The van der Waals surface area contributed by atoms with Gasteiger partial charge in [-0.25, -0.2) is 0 Å². The third-order valence-corrected chi connectivity index (χ3v) is 1.84. The maximum Gasteiger partial charge on any atom is 0.0725 e. The minimum atomic E-state index is -0.271. The molecule has 0 radical (unpaired) electrons. The Hall–Kier alpha value is -0.560. The highest BCUT2D eigenvalue weighted by Crippen LogP contribution is 2.19. The number of hydrogen-bond acceptors (Lipinski definition) is 1. The third kappa shape index (κ3) is 1.71. The van der Waals surface area contributed by atoms with E-state index in [4.69, 9.17) is 0 Å². The molecule has 56 valence electrons. The molecule has 0 bridgehead atoms. The lowest BCUT2D eigenvalue weighted by molar-refractivity contribution is 0.224. The van der Waals surface area contributed by atoms with Crippen LogP contribution in [0.2, 0.25) is 0 Å². The second-order valence-corrected chi connectivity index (χ2v) is 2.98. The van der Waals surface area contributed by atoms with Crippen molar-refractivity contribution in [3.63, 3.8) is 0 Å². The zero-order valence-electron chi connectivity index (χ0n) is 6.54. The van der Waals surface area contributed by atoms with Crippen molar-refractivity contribution < 1.29 is 5.11 Å². The van der Waals surface area contributed by atoms with Crippen LogP contribution < -0.4 is 0 Å². The summed E-state index contributed by atoms with van der Waals surface area (Å²) in [5.41, 5.74) is 1.15. The summed E-state index contributed by atoms with van der Waals surface area (Å²) in [5.74, 6) is 0.592. The van der Waals surface area contributed by atoms with Gasteiger partial charge in [-0.2, -0.15) is 0 Å². The fourth-order valence-corrected chi connectivity index (χ4v) is 1.19. The van der Waals surface area contributed by atoms with Gasteiger partial charge in [0, 0.05) is 0 Å². The Balaban J connectivity index is 2.61. The Bertz CT molecular complexity index is 166. The van der Waals surface area contributed by atoms with Crippen LogP contribution in [-0.2, 0) is 0 Å². The minimum absolute atomic E-state index is 0.271. The lowest BCUT2D eigenvalue weighted by atomic mass is 9.93. The lowest BCUT2D eigenvalue weighted by Crippen LogP contribution is -2.09. The molecule has 0 amide bonds. The van der Waals surface area contributed by atoms with Gasteiger partial charge < -0.3 is 5.11 Å². The number of aliphatic hydroxyl groups excluding tert-OH is 1. The molecule has 0 aliphatic heterocycles. The fourth-order valence-electron chi connectivity index (χ4n) is 1.19. The molecular weight excluding hydrogens is 124 g/mol. The molecule has 0 aromatic rings. The van der Waals surface area contributed by atoms with Crippen LogP contribution in [0, 0.1) is 5.92 Å². The van der Waals surface area contributed by atoms with Crippen molar-refractivity contribution in [2.24, 2.45) is 5.92 Å². The second kappa shape index (κ2) is 3.02. The molecule has 0 saturated carbocycles. The third-order valence-electron chi connectivity index (χ3n) is 1.84. The summed E-state index contributed by atoms with van der Waals surface area (Å²) in [7, 11) is 0. The number of allylic oxidation sites excluding steroid dienone is 3. The summed E-state index contributed by atoms with van der Waals surface area (Å²) >= 11 is 0. The average molecular weight is 138 g/mol. The molecule has 10 heavy (non-hydrogen) atoms. The Morgan fingerprint density at radius 1 is 1.70 bits per heavy atom. The fraction of sp³-hybridized carbons (Fsp3) is 0.556. The Labute approximate surface area is 62.1 Å². The van der Waals surface area contributed by atoms with Crippen LogP contribution in [0.3, 0.4) is 0 Å². The first-order valence-electron chi connectivity index (χ1n) is 3.75. The smallest absolute Gasteiger partial charge is 0.0725 e. The molecule has 0 spiro atoms. The first-order chi connectivity index (χ1) is 4.70. The van der Waals surface area contributed by atoms with Gasteiger partial charge in [-0.3, -0.25) is 0 Å². The van der Waals surface area contributed by atoms with E-state index in [1.54, 1.807) is 0 Å². The highest BCUT2D eigenvalue weighted by Gasteiger charge is 2.09. The molecule has 1 aliphatic carbocycles. The molecule has 1 N–H and O–H groups in total. The van der Waals surface area contributed by atoms with Crippen molar-refractivity contribution in [3.8, 4) is 0 Å². The number of hydrogen-bond donors (Lipinski definition) is 1. The van der Waals surface area contributed by atoms with Crippen molar-refractivity contribution in [1.82, 2.24) is 0 Å². The minimum Gasteiger partial charge on any atom is -0.389 e. The molecule has 2 atom stereocenters. The topological polar surface area (TPSA) is 20.2 Å². The van der Waals surface area contributed by atoms with E-state index in [0.29, 0.717) is 5.92 Å². The lowest BCUT2D eigenvalue weighted by Gasteiger charge is -2.16. The van der Waals surface area contributed by atoms with E-state index in [2.05, 4.69) is 13.0 Å². The van der Waals surface area contributed by atoms with Crippen LogP contribution in [0.4, 0.5) is 0 Å². The summed E-state index contributed by atoms with van der Waals surface area (Å²) in [5, 5.41) is 9.19. The van der Waals surface area contributed by atoms with Crippen LogP contribution in [0.15, 0.2) is 23.8 Å². The van der Waals surface area contributed by atoms with Gasteiger partial charge in [-0.1, -0.05) is 25.2 Å². The van der Waals surface area contributed by atoms with Gasteiger partial charge in [0.15, 0.2) is 0 Å². The maximum absolute atomic E-state index is 9.19. The van der Waals surface area contributed by atoms with Crippen molar-refractivity contribution in [2.75, 3.05) is 0 Å². The van der Waals surface area contributed by atoms with E-state index in [1.807, 2.05) is 19.1 Å². The Kier molecular flexibility index (Phi) is 2.28. The predicted molar refractivity (Wildman–Crippen MR) is 42.7 cm³/mol. The van der Waals surface area contributed by atoms with Crippen molar-refractivity contribution in [1.29, 1.82) is 0 Å². The number of rotatable bonds is 1. The van der Waals surface area contributed by atoms with E-state index in [9.17, 15) is 5.11 Å². The molecule has 0 fully saturated rings. The average Bonchev–Trinajstić information content (AvgIpc) is 1.88. The molecule has 0 saturated heterocycles. The molecule has 1 heteroatoms. The van der Waals surface area contributed by atoms with Gasteiger partial charge in [-0.15, -0.1) is 0 Å². The van der Waals surface area contributed by atoms with Gasteiger partial charge in [0.1, 0.15) is 0 Å². The zero-order chi connectivity index (χ0) is 7.56. The highest BCUT2D eigenvalue weighted by atomic mass is 16.3. The molecule has 0 aromatic carbocycles. The summed E-state index contributed by atoms with van der Waals surface area (Å²) < 4.78 is 0. The Morgan fingerprint density at radius 2 is 2.40 bits per heavy atom. The summed E-state index contributed by atoms with van der Waals surface area (Å²) in [6, 6.07) is 0. The van der Waals surface area contributed by atoms with Crippen molar-refractivity contribution in [3.05, 3.63) is 23.8 Å². The van der Waals surface area contributed by atoms with E-state index in [1.165, 1.54) is 0 Å².